The summed E-state index contributed by atoms with van der Waals surface area (Å²) in [5.74, 6) is -0.981. The molecular formula is C11H12Br2N2O4. The van der Waals surface area contributed by atoms with Crippen LogP contribution in [0.5, 0.6) is 5.75 Å². The van der Waals surface area contributed by atoms with Gasteiger partial charge in [-0.2, -0.15) is 0 Å². The Bertz CT molecular complexity index is 504. The minimum Gasteiger partial charge on any atom is -0.505 e. The molecule has 2 N–H and O–H groups in total. The van der Waals surface area contributed by atoms with Gasteiger partial charge in [-0.05, 0) is 38.8 Å². The fraction of sp³-hybridized carbons (Fsp3) is 0.455. The molecule has 1 aliphatic rings. The summed E-state index contributed by atoms with van der Waals surface area (Å²) in [7, 11) is 0. The first-order valence-corrected chi connectivity index (χ1v) is 7.10. The second-order valence-electron chi connectivity index (χ2n) is 4.17. The van der Waals surface area contributed by atoms with Crippen LogP contribution in [0.25, 0.3) is 0 Å². The zero-order valence-electron chi connectivity index (χ0n) is 10.1. The minimum absolute atomic E-state index is 0.0233. The van der Waals surface area contributed by atoms with E-state index in [0.717, 1.165) is 0 Å². The lowest BCUT2D eigenvalue weighted by Crippen LogP contribution is -2.32. The number of hydrogen-bond acceptors (Lipinski definition) is 5. The summed E-state index contributed by atoms with van der Waals surface area (Å²) in [6.07, 6.45) is 1.46. The van der Waals surface area contributed by atoms with Crippen LogP contribution in [0.4, 0.5) is 5.82 Å². The standard InChI is InChI=1S/C11H12Br2N2O4/c1-11(18-2-3-19-11)4-7(16)15-10-8(13)9(17)6(12)5-14-10/h5H,2-4H2,1H3,(H2,14,15,16,17). The van der Waals surface area contributed by atoms with Gasteiger partial charge >= 0.3 is 0 Å². The molecule has 0 atom stereocenters. The Morgan fingerprint density at radius 1 is 1.53 bits per heavy atom. The number of nitrogens with one attached hydrogen (secondary N) is 1. The highest BCUT2D eigenvalue weighted by atomic mass is 79.9. The van der Waals surface area contributed by atoms with Gasteiger partial charge in [0, 0.05) is 6.20 Å². The third kappa shape index (κ3) is 3.44. The van der Waals surface area contributed by atoms with Crippen molar-refractivity contribution in [1.29, 1.82) is 0 Å². The molecule has 0 aromatic carbocycles. The van der Waals surface area contributed by atoms with Crippen molar-refractivity contribution >= 4 is 43.6 Å². The van der Waals surface area contributed by atoms with Crippen molar-refractivity contribution in [2.45, 2.75) is 19.1 Å². The number of rotatable bonds is 3. The first-order valence-electron chi connectivity index (χ1n) is 5.52. The molecule has 1 aliphatic heterocycles. The number of halogens is 2. The molecule has 0 spiro atoms. The highest BCUT2D eigenvalue weighted by molar-refractivity contribution is 9.11. The maximum atomic E-state index is 11.9. The second kappa shape index (κ2) is 5.74. The molecule has 8 heteroatoms. The molecule has 0 unspecified atom stereocenters. The van der Waals surface area contributed by atoms with Gasteiger partial charge in [0.1, 0.15) is 10.2 Å². The number of amides is 1. The van der Waals surface area contributed by atoms with E-state index in [1.165, 1.54) is 6.20 Å². The number of hydrogen-bond donors (Lipinski definition) is 2. The number of pyridine rings is 1. The topological polar surface area (TPSA) is 80.7 Å². The van der Waals surface area contributed by atoms with Gasteiger partial charge in [-0.1, -0.05) is 0 Å². The van der Waals surface area contributed by atoms with Gasteiger partial charge < -0.3 is 19.9 Å². The Kier molecular flexibility index (Phi) is 4.44. The fourth-order valence-electron chi connectivity index (χ4n) is 1.67. The quantitative estimate of drug-likeness (QED) is 0.821. The number of carbonyl (C=O) groups excluding carboxylic acids is 1. The molecule has 6 nitrogen and oxygen atoms in total. The van der Waals surface area contributed by atoms with Crippen molar-refractivity contribution in [1.82, 2.24) is 4.98 Å². The summed E-state index contributed by atoms with van der Waals surface area (Å²) >= 11 is 6.30. The van der Waals surface area contributed by atoms with Crippen LogP contribution >= 0.6 is 31.9 Å². The van der Waals surface area contributed by atoms with Crippen LogP contribution in [0.3, 0.4) is 0 Å². The summed E-state index contributed by atoms with van der Waals surface area (Å²) in [6, 6.07) is 0. The van der Waals surface area contributed by atoms with Crippen molar-refractivity contribution in [2.24, 2.45) is 0 Å². The molecule has 1 saturated heterocycles. The van der Waals surface area contributed by atoms with Crippen LogP contribution < -0.4 is 5.32 Å². The highest BCUT2D eigenvalue weighted by Crippen LogP contribution is 2.36. The van der Waals surface area contributed by atoms with E-state index >= 15 is 0 Å². The lowest BCUT2D eigenvalue weighted by Gasteiger charge is -2.21. The normalized spacial score (nSPS) is 17.4. The third-order valence-electron chi connectivity index (χ3n) is 2.59. The van der Waals surface area contributed by atoms with Crippen LogP contribution in [-0.4, -0.2) is 35.0 Å². The van der Waals surface area contributed by atoms with Crippen molar-refractivity contribution < 1.29 is 19.4 Å². The Morgan fingerprint density at radius 2 is 2.16 bits per heavy atom. The van der Waals surface area contributed by atoms with Gasteiger partial charge in [0.2, 0.25) is 5.91 Å². The van der Waals surface area contributed by atoms with Crippen molar-refractivity contribution in [3.63, 3.8) is 0 Å². The molecule has 19 heavy (non-hydrogen) atoms. The molecule has 2 rings (SSSR count). The molecule has 0 saturated carbocycles. The maximum Gasteiger partial charge on any atom is 0.230 e. The van der Waals surface area contributed by atoms with Crippen LogP contribution in [0.1, 0.15) is 13.3 Å². The molecule has 104 valence electrons. The van der Waals surface area contributed by atoms with E-state index in [9.17, 15) is 9.90 Å². The Hall–Kier alpha value is -0.700. The molecule has 0 radical (unpaired) electrons. The van der Waals surface area contributed by atoms with Gasteiger partial charge in [-0.3, -0.25) is 4.79 Å². The Labute approximate surface area is 126 Å². The van der Waals surface area contributed by atoms with Gasteiger partial charge in [0.25, 0.3) is 0 Å². The predicted molar refractivity (Wildman–Crippen MR) is 74.9 cm³/mol. The average Bonchev–Trinajstić information content (AvgIpc) is 2.76. The molecule has 2 heterocycles. The van der Waals surface area contributed by atoms with Crippen LogP contribution in [0.15, 0.2) is 15.1 Å². The monoisotopic (exact) mass is 394 g/mol. The number of aromatic nitrogens is 1. The largest absolute Gasteiger partial charge is 0.505 e. The minimum atomic E-state index is -0.895. The number of aromatic hydroxyl groups is 1. The molecule has 0 bridgehead atoms. The van der Waals surface area contributed by atoms with Crippen molar-refractivity contribution in [3.8, 4) is 5.75 Å². The molecule has 1 aromatic rings. The average molecular weight is 396 g/mol. The maximum absolute atomic E-state index is 11.9. The number of ether oxygens (including phenoxy) is 2. The van der Waals surface area contributed by atoms with Crippen molar-refractivity contribution in [3.05, 3.63) is 15.1 Å². The lowest BCUT2D eigenvalue weighted by atomic mass is 10.2. The third-order valence-corrected chi connectivity index (χ3v) is 3.92. The van der Waals surface area contributed by atoms with E-state index in [4.69, 9.17) is 9.47 Å². The van der Waals surface area contributed by atoms with Gasteiger partial charge in [-0.15, -0.1) is 0 Å². The molecule has 1 fully saturated rings. The fourth-order valence-corrected chi connectivity index (χ4v) is 2.65. The van der Waals surface area contributed by atoms with E-state index in [-0.39, 0.29) is 23.9 Å². The number of nitrogens with zero attached hydrogens (tertiary/aromatic N) is 1. The molecule has 1 aromatic heterocycles. The molecule has 1 amide bonds. The predicted octanol–water partition coefficient (Wildman–Crippen LogP) is 2.40. The van der Waals surface area contributed by atoms with Crippen LogP contribution in [0.2, 0.25) is 0 Å². The van der Waals surface area contributed by atoms with E-state index in [2.05, 4.69) is 42.2 Å². The summed E-state index contributed by atoms with van der Waals surface area (Å²) in [5.41, 5.74) is 0. The summed E-state index contributed by atoms with van der Waals surface area (Å²) in [5, 5.41) is 12.3. The van der Waals surface area contributed by atoms with E-state index < -0.39 is 5.79 Å². The first kappa shape index (κ1) is 14.7. The van der Waals surface area contributed by atoms with Gasteiger partial charge in [0.15, 0.2) is 11.6 Å². The Morgan fingerprint density at radius 3 is 2.79 bits per heavy atom. The summed E-state index contributed by atoms with van der Waals surface area (Å²) in [4.78, 5) is 15.9. The first-order chi connectivity index (χ1) is 8.91. The number of anilines is 1. The van der Waals surface area contributed by atoms with E-state index in [0.29, 0.717) is 22.2 Å². The summed E-state index contributed by atoms with van der Waals surface area (Å²) < 4.78 is 11.5. The zero-order chi connectivity index (χ0) is 14.0. The van der Waals surface area contributed by atoms with Gasteiger partial charge in [0.05, 0.1) is 24.1 Å². The second-order valence-corrected chi connectivity index (χ2v) is 5.82. The smallest absolute Gasteiger partial charge is 0.230 e. The zero-order valence-corrected chi connectivity index (χ0v) is 13.2. The van der Waals surface area contributed by atoms with Crippen LogP contribution in [0, 0.1) is 0 Å². The van der Waals surface area contributed by atoms with E-state index in [1.807, 2.05) is 0 Å². The number of carbonyl (C=O) groups is 1. The van der Waals surface area contributed by atoms with Crippen LogP contribution in [-0.2, 0) is 14.3 Å². The van der Waals surface area contributed by atoms with Gasteiger partial charge in [-0.25, -0.2) is 4.98 Å². The Balaban J connectivity index is 2.05. The van der Waals surface area contributed by atoms with Crippen molar-refractivity contribution in [2.75, 3.05) is 18.5 Å². The highest BCUT2D eigenvalue weighted by Gasteiger charge is 2.33. The molecule has 0 aliphatic carbocycles. The van der Waals surface area contributed by atoms with E-state index in [1.54, 1.807) is 6.92 Å². The summed E-state index contributed by atoms with van der Waals surface area (Å²) in [6.45, 7) is 2.66. The SMILES string of the molecule is CC1(CC(=O)Nc2ncc(Br)c(O)c2Br)OCCO1. The lowest BCUT2D eigenvalue weighted by molar-refractivity contribution is -0.156. The molecular weight excluding hydrogens is 384 g/mol.